The van der Waals surface area contributed by atoms with Gasteiger partial charge in [-0.2, -0.15) is 0 Å². The third kappa shape index (κ3) is 3.73. The molecule has 0 aliphatic carbocycles. The molecule has 6 heteroatoms. The van der Waals surface area contributed by atoms with Crippen LogP contribution in [0.4, 0.5) is 16.2 Å². The highest BCUT2D eigenvalue weighted by Crippen LogP contribution is 2.27. The fourth-order valence-corrected chi connectivity index (χ4v) is 4.12. The van der Waals surface area contributed by atoms with Crippen LogP contribution in [0.15, 0.2) is 42.0 Å². The number of nitrogens with zero attached hydrogens (tertiary/aromatic N) is 2. The Bertz CT molecular complexity index is 1060. The Labute approximate surface area is 176 Å². The number of carbonyl (C=O) groups is 3. The summed E-state index contributed by atoms with van der Waals surface area (Å²) in [6.45, 7) is 7.86. The van der Waals surface area contributed by atoms with Crippen LogP contribution in [0.25, 0.3) is 6.08 Å². The van der Waals surface area contributed by atoms with Gasteiger partial charge in [0.05, 0.1) is 5.69 Å². The monoisotopic (exact) mass is 403 g/mol. The number of amides is 4. The Hall–Kier alpha value is -3.41. The molecule has 1 N–H and O–H groups in total. The molecule has 2 aromatic rings. The van der Waals surface area contributed by atoms with Crippen LogP contribution in [0.3, 0.4) is 0 Å². The predicted molar refractivity (Wildman–Crippen MR) is 118 cm³/mol. The third-order valence-electron chi connectivity index (χ3n) is 5.59. The number of rotatable bonds is 3. The van der Waals surface area contributed by atoms with E-state index >= 15 is 0 Å². The van der Waals surface area contributed by atoms with Crippen molar-refractivity contribution in [2.75, 3.05) is 22.9 Å². The molecule has 154 valence electrons. The Balaban J connectivity index is 1.69. The van der Waals surface area contributed by atoms with Crippen LogP contribution in [-0.4, -0.2) is 30.9 Å². The highest BCUT2D eigenvalue weighted by molar-refractivity contribution is 6.39. The van der Waals surface area contributed by atoms with Gasteiger partial charge in [0, 0.05) is 18.8 Å². The van der Waals surface area contributed by atoms with Gasteiger partial charge < -0.3 is 4.90 Å². The summed E-state index contributed by atoms with van der Waals surface area (Å²) in [6.07, 6.45) is 3.96. The van der Waals surface area contributed by atoms with E-state index in [1.165, 1.54) is 12.8 Å². The molecule has 4 amide bonds. The van der Waals surface area contributed by atoms with Gasteiger partial charge >= 0.3 is 6.03 Å². The number of aryl methyl sites for hydroxylation is 3. The maximum atomic E-state index is 13.1. The average Bonchev–Trinajstić information content (AvgIpc) is 3.20. The molecule has 0 spiro atoms. The van der Waals surface area contributed by atoms with Gasteiger partial charge in [0.15, 0.2) is 0 Å². The molecule has 2 aliphatic rings. The molecule has 30 heavy (non-hydrogen) atoms. The van der Waals surface area contributed by atoms with Crippen molar-refractivity contribution < 1.29 is 14.4 Å². The minimum atomic E-state index is -0.728. The molecule has 2 fully saturated rings. The van der Waals surface area contributed by atoms with E-state index in [4.69, 9.17) is 0 Å². The summed E-state index contributed by atoms with van der Waals surface area (Å²) in [5, 5.41) is 2.29. The second-order valence-electron chi connectivity index (χ2n) is 8.04. The Kier molecular flexibility index (Phi) is 5.16. The average molecular weight is 403 g/mol. The molecule has 0 bridgehead atoms. The number of carbonyl (C=O) groups excluding carboxylic acids is 3. The summed E-state index contributed by atoms with van der Waals surface area (Å²) in [6, 6.07) is 10.8. The SMILES string of the molecule is Cc1cc(C)cc(N2C(=O)NC(=O)/C(=C\c3ccc(N4CCCC4)cc3C)C2=O)c1. The molecule has 2 saturated heterocycles. The number of urea groups is 1. The molecule has 0 aromatic heterocycles. The summed E-state index contributed by atoms with van der Waals surface area (Å²) in [5.41, 5.74) is 5.18. The van der Waals surface area contributed by atoms with E-state index < -0.39 is 17.8 Å². The van der Waals surface area contributed by atoms with Crippen molar-refractivity contribution in [2.45, 2.75) is 33.6 Å². The van der Waals surface area contributed by atoms with Crippen LogP contribution < -0.4 is 15.1 Å². The number of nitrogens with one attached hydrogen (secondary N) is 1. The first-order valence-corrected chi connectivity index (χ1v) is 10.2. The number of anilines is 2. The van der Waals surface area contributed by atoms with Crippen LogP contribution >= 0.6 is 0 Å². The summed E-state index contributed by atoms with van der Waals surface area (Å²) in [7, 11) is 0. The van der Waals surface area contributed by atoms with Crippen molar-refractivity contribution in [3.63, 3.8) is 0 Å². The zero-order chi connectivity index (χ0) is 21.4. The fraction of sp³-hybridized carbons (Fsp3) is 0.292. The Morgan fingerprint density at radius 2 is 1.53 bits per heavy atom. The van der Waals surface area contributed by atoms with Crippen molar-refractivity contribution in [1.29, 1.82) is 0 Å². The van der Waals surface area contributed by atoms with Gasteiger partial charge in [-0.3, -0.25) is 14.9 Å². The van der Waals surface area contributed by atoms with Crippen molar-refractivity contribution >= 4 is 35.3 Å². The minimum Gasteiger partial charge on any atom is -0.372 e. The lowest BCUT2D eigenvalue weighted by Gasteiger charge is -2.27. The second-order valence-corrected chi connectivity index (χ2v) is 8.04. The normalized spacial score (nSPS) is 18.4. The highest BCUT2D eigenvalue weighted by Gasteiger charge is 2.37. The lowest BCUT2D eigenvalue weighted by Crippen LogP contribution is -2.54. The van der Waals surface area contributed by atoms with E-state index in [9.17, 15) is 14.4 Å². The van der Waals surface area contributed by atoms with E-state index in [1.54, 1.807) is 18.2 Å². The topological polar surface area (TPSA) is 69.7 Å². The van der Waals surface area contributed by atoms with E-state index in [0.717, 1.165) is 45.9 Å². The maximum Gasteiger partial charge on any atom is 0.335 e. The molecular weight excluding hydrogens is 378 g/mol. The summed E-state index contributed by atoms with van der Waals surface area (Å²) >= 11 is 0. The maximum absolute atomic E-state index is 13.1. The van der Waals surface area contributed by atoms with Crippen molar-refractivity contribution in [2.24, 2.45) is 0 Å². The lowest BCUT2D eigenvalue weighted by molar-refractivity contribution is -0.122. The van der Waals surface area contributed by atoms with Crippen molar-refractivity contribution in [1.82, 2.24) is 5.32 Å². The first-order valence-electron chi connectivity index (χ1n) is 10.2. The molecule has 0 atom stereocenters. The number of hydrogen-bond donors (Lipinski definition) is 1. The fourth-order valence-electron chi connectivity index (χ4n) is 4.12. The van der Waals surface area contributed by atoms with Gasteiger partial charge in [-0.05, 0) is 86.2 Å². The third-order valence-corrected chi connectivity index (χ3v) is 5.59. The number of benzene rings is 2. The molecular formula is C24H25N3O3. The summed E-state index contributed by atoms with van der Waals surface area (Å²) in [5.74, 6) is -1.29. The molecule has 2 aliphatic heterocycles. The Morgan fingerprint density at radius 3 is 2.17 bits per heavy atom. The van der Waals surface area contributed by atoms with Gasteiger partial charge in [-0.15, -0.1) is 0 Å². The van der Waals surface area contributed by atoms with E-state index in [-0.39, 0.29) is 5.57 Å². The molecule has 2 heterocycles. The number of hydrogen-bond acceptors (Lipinski definition) is 4. The zero-order valence-corrected chi connectivity index (χ0v) is 17.5. The first-order chi connectivity index (χ1) is 14.3. The van der Waals surface area contributed by atoms with Crippen LogP contribution in [0.5, 0.6) is 0 Å². The van der Waals surface area contributed by atoms with Gasteiger partial charge in [-0.1, -0.05) is 12.1 Å². The van der Waals surface area contributed by atoms with Gasteiger partial charge in [0.1, 0.15) is 5.57 Å². The summed E-state index contributed by atoms with van der Waals surface area (Å²) in [4.78, 5) is 41.4. The van der Waals surface area contributed by atoms with Crippen molar-refractivity contribution in [3.8, 4) is 0 Å². The van der Waals surface area contributed by atoms with Crippen LogP contribution in [0, 0.1) is 20.8 Å². The molecule has 0 radical (unpaired) electrons. The zero-order valence-electron chi connectivity index (χ0n) is 17.5. The van der Waals surface area contributed by atoms with Crippen LogP contribution in [0.1, 0.15) is 35.1 Å². The molecule has 4 rings (SSSR count). The van der Waals surface area contributed by atoms with Crippen molar-refractivity contribution in [3.05, 3.63) is 64.2 Å². The van der Waals surface area contributed by atoms with Gasteiger partial charge in [0.2, 0.25) is 0 Å². The first kappa shape index (κ1) is 19.9. The van der Waals surface area contributed by atoms with E-state index in [2.05, 4.69) is 16.3 Å². The highest BCUT2D eigenvalue weighted by atomic mass is 16.2. The smallest absolute Gasteiger partial charge is 0.335 e. The number of imide groups is 2. The molecule has 0 saturated carbocycles. The second kappa shape index (κ2) is 7.78. The minimum absolute atomic E-state index is 0.0502. The van der Waals surface area contributed by atoms with E-state index in [1.807, 2.05) is 39.0 Å². The van der Waals surface area contributed by atoms with Crippen LogP contribution in [0.2, 0.25) is 0 Å². The summed E-state index contributed by atoms with van der Waals surface area (Å²) < 4.78 is 0. The predicted octanol–water partition coefficient (Wildman–Crippen LogP) is 3.88. The molecule has 2 aromatic carbocycles. The quantitative estimate of drug-likeness (QED) is 0.624. The molecule has 6 nitrogen and oxygen atoms in total. The van der Waals surface area contributed by atoms with E-state index in [0.29, 0.717) is 5.69 Å². The number of barbiturate groups is 1. The standard InChI is InChI=1S/C24H25N3O3/c1-15-10-16(2)12-20(11-15)27-23(29)21(22(28)25-24(27)30)14-18-6-7-19(13-17(18)3)26-8-4-5-9-26/h6-7,10-14H,4-5,8-9H2,1-3H3,(H,25,28,30)/b21-14+. The Morgan fingerprint density at radius 1 is 0.867 bits per heavy atom. The molecule has 0 unspecified atom stereocenters. The lowest BCUT2D eigenvalue weighted by atomic mass is 10.0. The van der Waals surface area contributed by atoms with Crippen LogP contribution in [-0.2, 0) is 9.59 Å². The largest absolute Gasteiger partial charge is 0.372 e. The van der Waals surface area contributed by atoms with Gasteiger partial charge in [0.25, 0.3) is 11.8 Å². The van der Waals surface area contributed by atoms with Gasteiger partial charge in [-0.25, -0.2) is 9.69 Å².